The number of nitrogens with zero attached hydrogens (tertiary/aromatic N) is 2. The molecule has 0 unspecified atom stereocenters. The van der Waals surface area contributed by atoms with Gasteiger partial charge in [0.2, 0.25) is 5.91 Å². The highest BCUT2D eigenvalue weighted by molar-refractivity contribution is 5.78. The molecule has 1 aromatic rings. The number of nitrogens with one attached hydrogen (secondary N) is 2. The van der Waals surface area contributed by atoms with Crippen molar-refractivity contribution < 1.29 is 14.3 Å². The van der Waals surface area contributed by atoms with E-state index < -0.39 is 22.9 Å². The van der Waals surface area contributed by atoms with Crippen LogP contribution in [-0.2, 0) is 16.0 Å². The van der Waals surface area contributed by atoms with Crippen LogP contribution in [0.25, 0.3) is 0 Å². The number of H-pyrrole nitrogens is 2. The van der Waals surface area contributed by atoms with Crippen LogP contribution < -0.4 is 11.2 Å². The molecule has 1 fully saturated rings. The summed E-state index contributed by atoms with van der Waals surface area (Å²) in [6.07, 6.45) is -0.459. The Balaban J connectivity index is 1.90. The highest BCUT2D eigenvalue weighted by atomic mass is 16.6. The molecular formula is C15H22N4O5. The van der Waals surface area contributed by atoms with Crippen molar-refractivity contribution in [2.24, 2.45) is 0 Å². The van der Waals surface area contributed by atoms with Gasteiger partial charge in [-0.1, -0.05) is 0 Å². The predicted octanol–water partition coefficient (Wildman–Crippen LogP) is -0.315. The topological polar surface area (TPSA) is 116 Å². The van der Waals surface area contributed by atoms with E-state index in [2.05, 4.69) is 9.97 Å². The van der Waals surface area contributed by atoms with E-state index in [0.717, 1.165) is 0 Å². The van der Waals surface area contributed by atoms with Crippen LogP contribution in [0, 0.1) is 0 Å². The summed E-state index contributed by atoms with van der Waals surface area (Å²) in [4.78, 5) is 54.3. The Labute approximate surface area is 138 Å². The Morgan fingerprint density at radius 2 is 1.67 bits per heavy atom. The maximum Gasteiger partial charge on any atom is 0.410 e. The Hall–Kier alpha value is -2.58. The van der Waals surface area contributed by atoms with E-state index in [1.807, 2.05) is 0 Å². The van der Waals surface area contributed by atoms with Gasteiger partial charge in [0.05, 0.1) is 6.42 Å². The molecule has 9 heteroatoms. The van der Waals surface area contributed by atoms with Crippen molar-refractivity contribution in [1.82, 2.24) is 19.8 Å². The van der Waals surface area contributed by atoms with E-state index >= 15 is 0 Å². The van der Waals surface area contributed by atoms with Crippen molar-refractivity contribution in [2.75, 3.05) is 26.2 Å². The molecule has 2 heterocycles. The van der Waals surface area contributed by atoms with E-state index in [-0.39, 0.29) is 18.0 Å². The molecule has 24 heavy (non-hydrogen) atoms. The average molecular weight is 338 g/mol. The van der Waals surface area contributed by atoms with Gasteiger partial charge in [0.1, 0.15) is 5.60 Å². The molecule has 2 rings (SSSR count). The number of hydrogen-bond donors (Lipinski definition) is 2. The van der Waals surface area contributed by atoms with Crippen LogP contribution >= 0.6 is 0 Å². The molecule has 132 valence electrons. The molecule has 0 bridgehead atoms. The number of hydrogen-bond acceptors (Lipinski definition) is 5. The highest BCUT2D eigenvalue weighted by Crippen LogP contribution is 2.12. The third-order valence-electron chi connectivity index (χ3n) is 3.44. The van der Waals surface area contributed by atoms with Crippen molar-refractivity contribution in [3.05, 3.63) is 32.6 Å². The van der Waals surface area contributed by atoms with E-state index in [9.17, 15) is 19.2 Å². The maximum atomic E-state index is 12.3. The largest absolute Gasteiger partial charge is 0.444 e. The number of carbonyl (C=O) groups is 2. The van der Waals surface area contributed by atoms with Crippen LogP contribution in [0.2, 0.25) is 0 Å². The first-order valence-corrected chi connectivity index (χ1v) is 7.72. The number of piperazine rings is 1. The van der Waals surface area contributed by atoms with Crippen molar-refractivity contribution in [3.8, 4) is 0 Å². The smallest absolute Gasteiger partial charge is 0.410 e. The molecule has 2 amide bonds. The van der Waals surface area contributed by atoms with Gasteiger partial charge in [0.15, 0.2) is 0 Å². The summed E-state index contributed by atoms with van der Waals surface area (Å²) in [5.41, 5.74) is -1.48. The average Bonchev–Trinajstić information content (AvgIpc) is 2.44. The lowest BCUT2D eigenvalue weighted by Gasteiger charge is -2.35. The Morgan fingerprint density at radius 3 is 2.21 bits per heavy atom. The molecule has 0 saturated carbocycles. The van der Waals surface area contributed by atoms with Gasteiger partial charge >= 0.3 is 11.8 Å². The number of ether oxygens (including phenoxy) is 1. The van der Waals surface area contributed by atoms with Gasteiger partial charge < -0.3 is 19.5 Å². The first kappa shape index (κ1) is 17.8. The van der Waals surface area contributed by atoms with Crippen molar-refractivity contribution in [2.45, 2.75) is 32.8 Å². The summed E-state index contributed by atoms with van der Waals surface area (Å²) in [5, 5.41) is 0. The second kappa shape index (κ2) is 6.90. The standard InChI is InChI=1S/C15H22N4O5/c1-15(2,3)24-14(23)19-6-4-18(5-7-19)12(21)9-10-8-11(20)17-13(22)16-10/h8H,4-7,9H2,1-3H3,(H2,16,17,20,22). The molecule has 1 aromatic heterocycles. The molecule has 1 aliphatic rings. The minimum atomic E-state index is -0.639. The van der Waals surface area contributed by atoms with Crippen LogP contribution in [0.15, 0.2) is 15.7 Å². The Kier molecular flexibility index (Phi) is 5.10. The van der Waals surface area contributed by atoms with Crippen molar-refractivity contribution in [3.63, 3.8) is 0 Å². The number of rotatable bonds is 2. The second-order valence-electron chi connectivity index (χ2n) is 6.64. The van der Waals surface area contributed by atoms with Crippen LogP contribution in [-0.4, -0.2) is 63.5 Å². The van der Waals surface area contributed by atoms with Crippen molar-refractivity contribution >= 4 is 12.0 Å². The van der Waals surface area contributed by atoms with E-state index in [4.69, 9.17) is 4.74 Å². The second-order valence-corrected chi connectivity index (χ2v) is 6.64. The van der Waals surface area contributed by atoms with Crippen LogP contribution in [0.4, 0.5) is 4.79 Å². The first-order valence-electron chi connectivity index (χ1n) is 7.72. The fraction of sp³-hybridized carbons (Fsp3) is 0.600. The lowest BCUT2D eigenvalue weighted by molar-refractivity contribution is -0.132. The molecule has 0 spiro atoms. The minimum absolute atomic E-state index is 0.0639. The van der Waals surface area contributed by atoms with Gasteiger partial charge in [-0.05, 0) is 20.8 Å². The summed E-state index contributed by atoms with van der Waals surface area (Å²) >= 11 is 0. The van der Waals surface area contributed by atoms with Gasteiger partial charge in [-0.3, -0.25) is 14.6 Å². The Morgan fingerprint density at radius 1 is 1.08 bits per heavy atom. The van der Waals surface area contributed by atoms with Gasteiger partial charge in [0, 0.05) is 37.9 Å². The highest BCUT2D eigenvalue weighted by Gasteiger charge is 2.27. The first-order chi connectivity index (χ1) is 11.1. The van der Waals surface area contributed by atoms with Gasteiger partial charge in [0.25, 0.3) is 5.56 Å². The third kappa shape index (κ3) is 4.97. The van der Waals surface area contributed by atoms with Gasteiger partial charge in [-0.15, -0.1) is 0 Å². The molecule has 0 aromatic carbocycles. The lowest BCUT2D eigenvalue weighted by atomic mass is 10.2. The van der Waals surface area contributed by atoms with Gasteiger partial charge in [-0.2, -0.15) is 0 Å². The normalized spacial score (nSPS) is 15.3. The quantitative estimate of drug-likeness (QED) is 0.767. The summed E-state index contributed by atoms with van der Waals surface area (Å²) in [5.74, 6) is -0.208. The lowest BCUT2D eigenvalue weighted by Crippen LogP contribution is -2.52. The van der Waals surface area contributed by atoms with E-state index in [1.54, 1.807) is 30.6 Å². The zero-order chi connectivity index (χ0) is 17.9. The maximum absolute atomic E-state index is 12.3. The SMILES string of the molecule is CC(C)(C)OC(=O)N1CCN(C(=O)Cc2cc(=O)[nH]c(=O)[nH]2)CC1. The molecule has 1 aliphatic heterocycles. The van der Waals surface area contributed by atoms with Crippen LogP contribution in [0.3, 0.4) is 0 Å². The molecule has 1 saturated heterocycles. The summed E-state index contributed by atoms with van der Waals surface area (Å²) in [6.45, 7) is 6.92. The van der Waals surface area contributed by atoms with E-state index in [1.165, 1.54) is 6.07 Å². The molecule has 0 radical (unpaired) electrons. The van der Waals surface area contributed by atoms with Gasteiger partial charge in [-0.25, -0.2) is 9.59 Å². The number of carbonyl (C=O) groups excluding carboxylic acids is 2. The monoisotopic (exact) mass is 338 g/mol. The van der Waals surface area contributed by atoms with Crippen molar-refractivity contribution in [1.29, 1.82) is 0 Å². The van der Waals surface area contributed by atoms with E-state index in [0.29, 0.717) is 26.2 Å². The molecule has 0 aliphatic carbocycles. The molecule has 9 nitrogen and oxygen atoms in total. The predicted molar refractivity (Wildman–Crippen MR) is 85.8 cm³/mol. The fourth-order valence-corrected chi connectivity index (χ4v) is 2.35. The van der Waals surface area contributed by atoms with Crippen LogP contribution in [0.1, 0.15) is 26.5 Å². The number of amides is 2. The fourth-order valence-electron chi connectivity index (χ4n) is 2.35. The number of aromatic amines is 2. The molecular weight excluding hydrogens is 316 g/mol. The zero-order valence-electron chi connectivity index (χ0n) is 14.0. The summed E-state index contributed by atoms with van der Waals surface area (Å²) in [7, 11) is 0. The summed E-state index contributed by atoms with van der Waals surface area (Å²) in [6, 6.07) is 1.19. The molecule has 2 N–H and O–H groups in total. The zero-order valence-corrected chi connectivity index (χ0v) is 14.0. The molecule has 0 atom stereocenters. The van der Waals surface area contributed by atoms with Crippen LogP contribution in [0.5, 0.6) is 0 Å². The number of aromatic nitrogens is 2. The Bertz CT molecular complexity index is 694. The summed E-state index contributed by atoms with van der Waals surface area (Å²) < 4.78 is 5.30. The third-order valence-corrected chi connectivity index (χ3v) is 3.44. The minimum Gasteiger partial charge on any atom is -0.444 e.